The highest BCUT2D eigenvalue weighted by atomic mass is 19.3. The molecule has 1 aliphatic heterocycles. The first-order chi connectivity index (χ1) is 5.21. The molecule has 1 aliphatic rings. The normalized spacial score (nSPS) is 31.5. The predicted octanol–water partition coefficient (Wildman–Crippen LogP) is 2.27. The Morgan fingerprint density at radius 1 is 0.917 bits per heavy atom. The number of rotatable bonds is 0. The molecule has 0 radical (unpaired) electrons. The van der Waals surface area contributed by atoms with Crippen LogP contribution in [0.25, 0.3) is 0 Å². The van der Waals surface area contributed by atoms with Crippen molar-refractivity contribution in [2.24, 2.45) is 0 Å². The second-order valence-electron chi connectivity index (χ2n) is 2.39. The lowest BCUT2D eigenvalue weighted by Crippen LogP contribution is -2.59. The Balaban J connectivity index is 2.99. The van der Waals surface area contributed by atoms with Gasteiger partial charge in [-0.25, -0.2) is 0 Å². The Hall–Kier alpha value is -0.460. The van der Waals surface area contributed by atoms with Crippen LogP contribution in [0.15, 0.2) is 0 Å². The topological polar surface area (TPSA) is 9.23 Å². The van der Waals surface area contributed by atoms with Crippen LogP contribution in [0, 0.1) is 0 Å². The van der Waals surface area contributed by atoms with Crippen LogP contribution in [-0.2, 0) is 4.74 Å². The Labute approximate surface area is 63.3 Å². The molecule has 0 amide bonds. The molecule has 0 unspecified atom stereocenters. The highest BCUT2D eigenvalue weighted by molar-refractivity contribution is 4.94. The zero-order chi connectivity index (χ0) is 9.62. The van der Waals surface area contributed by atoms with Crippen molar-refractivity contribution in [2.45, 2.75) is 24.4 Å². The molecule has 72 valence electrons. The lowest BCUT2D eigenvalue weighted by Gasteiger charge is -2.36. The van der Waals surface area contributed by atoms with Gasteiger partial charge in [-0.3, -0.25) is 0 Å². The minimum atomic E-state index is -5.42. The Bertz CT molecular complexity index is 170. The van der Waals surface area contributed by atoms with E-state index in [1.54, 1.807) is 0 Å². The van der Waals surface area contributed by atoms with E-state index in [2.05, 4.69) is 4.74 Å². The second-order valence-corrected chi connectivity index (χ2v) is 2.39. The van der Waals surface area contributed by atoms with Crippen molar-refractivity contribution in [3.8, 4) is 0 Å². The van der Waals surface area contributed by atoms with Gasteiger partial charge in [-0.2, -0.15) is 26.3 Å². The lowest BCUT2D eigenvalue weighted by molar-refractivity contribution is -0.424. The van der Waals surface area contributed by atoms with Gasteiger partial charge in [-0.15, -0.1) is 0 Å². The molecular formula is C5H4F6O. The average molecular weight is 194 g/mol. The molecule has 0 aromatic carbocycles. The van der Waals surface area contributed by atoms with Gasteiger partial charge in [0, 0.05) is 6.42 Å². The zero-order valence-corrected chi connectivity index (χ0v) is 5.59. The molecule has 7 heteroatoms. The monoisotopic (exact) mass is 194 g/mol. The largest absolute Gasteiger partial charge is 0.425 e. The van der Waals surface area contributed by atoms with E-state index >= 15 is 0 Å². The number of halogens is 6. The molecule has 0 bridgehead atoms. The maximum atomic E-state index is 12.2. The van der Waals surface area contributed by atoms with Gasteiger partial charge >= 0.3 is 18.0 Å². The minimum absolute atomic E-state index is 1.07. The van der Waals surface area contributed by atoms with E-state index in [1.807, 2.05) is 0 Å². The smallest absolute Gasteiger partial charge is 0.315 e. The maximum absolute atomic E-state index is 12.2. The second kappa shape index (κ2) is 2.27. The highest BCUT2D eigenvalue weighted by Crippen LogP contribution is 2.50. The van der Waals surface area contributed by atoms with E-state index < -0.39 is 31.0 Å². The van der Waals surface area contributed by atoms with Gasteiger partial charge < -0.3 is 4.74 Å². The van der Waals surface area contributed by atoms with Gasteiger partial charge in [0.15, 0.2) is 0 Å². The van der Waals surface area contributed by atoms with Gasteiger partial charge in [0.2, 0.25) is 0 Å². The fourth-order valence-electron chi connectivity index (χ4n) is 0.768. The Kier molecular flexibility index (Phi) is 1.82. The fraction of sp³-hybridized carbons (Fsp3) is 1.00. The van der Waals surface area contributed by atoms with E-state index in [-0.39, 0.29) is 0 Å². The van der Waals surface area contributed by atoms with Crippen LogP contribution in [0.2, 0.25) is 0 Å². The molecule has 12 heavy (non-hydrogen) atoms. The van der Waals surface area contributed by atoms with E-state index in [4.69, 9.17) is 0 Å². The van der Waals surface area contributed by atoms with Gasteiger partial charge in [0.25, 0.3) is 0 Å². The van der Waals surface area contributed by atoms with Gasteiger partial charge in [-0.1, -0.05) is 0 Å². The van der Waals surface area contributed by atoms with E-state index in [0.717, 1.165) is 0 Å². The third kappa shape index (κ3) is 1.07. The molecule has 0 aromatic rings. The predicted molar refractivity (Wildman–Crippen MR) is 25.4 cm³/mol. The first kappa shape index (κ1) is 9.63. The summed E-state index contributed by atoms with van der Waals surface area (Å²) >= 11 is 0. The molecule has 0 aliphatic carbocycles. The summed E-state index contributed by atoms with van der Waals surface area (Å²) in [5.41, 5.74) is 0. The Morgan fingerprint density at radius 2 is 1.42 bits per heavy atom. The maximum Gasteiger partial charge on any atom is 0.425 e. The standard InChI is InChI=1S/C5H4F6O/c6-3(7)1-2-12-5(10,11)4(3,8)9/h1-2H2. The summed E-state index contributed by atoms with van der Waals surface area (Å²) in [6.45, 7) is -1.07. The molecule has 1 saturated heterocycles. The summed E-state index contributed by atoms with van der Waals surface area (Å²) in [5.74, 6) is -10.1. The van der Waals surface area contributed by atoms with E-state index in [1.165, 1.54) is 0 Å². The van der Waals surface area contributed by atoms with Crippen LogP contribution in [0.4, 0.5) is 26.3 Å². The zero-order valence-electron chi connectivity index (χ0n) is 5.59. The minimum Gasteiger partial charge on any atom is -0.315 e. The van der Waals surface area contributed by atoms with Crippen molar-refractivity contribution in [1.82, 2.24) is 0 Å². The highest BCUT2D eigenvalue weighted by Gasteiger charge is 2.74. The van der Waals surface area contributed by atoms with Crippen molar-refractivity contribution in [3.63, 3.8) is 0 Å². The molecule has 0 aromatic heterocycles. The first-order valence-electron chi connectivity index (χ1n) is 2.98. The third-order valence-electron chi connectivity index (χ3n) is 1.52. The summed E-state index contributed by atoms with van der Waals surface area (Å²) in [6, 6.07) is 0. The molecule has 1 fully saturated rings. The van der Waals surface area contributed by atoms with Crippen molar-refractivity contribution in [1.29, 1.82) is 0 Å². The summed E-state index contributed by atoms with van der Waals surface area (Å²) in [5, 5.41) is 0. The fourth-order valence-corrected chi connectivity index (χ4v) is 0.768. The molecule has 0 atom stereocenters. The molecule has 0 N–H and O–H groups in total. The van der Waals surface area contributed by atoms with Gasteiger partial charge in [0.05, 0.1) is 6.61 Å². The molecule has 0 spiro atoms. The summed E-state index contributed by atoms with van der Waals surface area (Å²) in [7, 11) is 0. The summed E-state index contributed by atoms with van der Waals surface area (Å²) in [6.07, 6.45) is -6.47. The summed E-state index contributed by atoms with van der Waals surface area (Å²) in [4.78, 5) is 0. The van der Waals surface area contributed by atoms with E-state index in [0.29, 0.717) is 0 Å². The Morgan fingerprint density at radius 3 is 1.75 bits per heavy atom. The van der Waals surface area contributed by atoms with Crippen LogP contribution in [-0.4, -0.2) is 24.6 Å². The van der Waals surface area contributed by atoms with Crippen LogP contribution in [0.5, 0.6) is 0 Å². The number of ether oxygens (including phenoxy) is 1. The first-order valence-corrected chi connectivity index (χ1v) is 2.98. The molecule has 0 saturated carbocycles. The van der Waals surface area contributed by atoms with E-state index in [9.17, 15) is 26.3 Å². The van der Waals surface area contributed by atoms with Crippen molar-refractivity contribution in [3.05, 3.63) is 0 Å². The third-order valence-corrected chi connectivity index (χ3v) is 1.52. The van der Waals surface area contributed by atoms with Crippen LogP contribution < -0.4 is 0 Å². The van der Waals surface area contributed by atoms with Crippen molar-refractivity contribution < 1.29 is 31.1 Å². The molecule has 1 nitrogen and oxygen atoms in total. The van der Waals surface area contributed by atoms with Crippen molar-refractivity contribution in [2.75, 3.05) is 6.61 Å². The molecule has 1 heterocycles. The van der Waals surface area contributed by atoms with Crippen molar-refractivity contribution >= 4 is 0 Å². The number of hydrogen-bond donors (Lipinski definition) is 0. The molecule has 1 rings (SSSR count). The van der Waals surface area contributed by atoms with Gasteiger partial charge in [0.1, 0.15) is 0 Å². The summed E-state index contributed by atoms with van der Waals surface area (Å²) < 4.78 is 75.9. The van der Waals surface area contributed by atoms with Crippen LogP contribution in [0.1, 0.15) is 6.42 Å². The van der Waals surface area contributed by atoms with Gasteiger partial charge in [-0.05, 0) is 0 Å². The van der Waals surface area contributed by atoms with Crippen LogP contribution in [0.3, 0.4) is 0 Å². The lowest BCUT2D eigenvalue weighted by atomic mass is 10.1. The number of hydrogen-bond acceptors (Lipinski definition) is 1. The average Bonchev–Trinajstić information content (AvgIpc) is 1.83. The van der Waals surface area contributed by atoms with Crippen LogP contribution >= 0.6 is 0 Å². The SMILES string of the molecule is FC1(F)CCOC(F)(F)C1(F)F. The number of alkyl halides is 6. The quantitative estimate of drug-likeness (QED) is 0.537. The molecular weight excluding hydrogens is 190 g/mol.